The van der Waals surface area contributed by atoms with Gasteiger partial charge in [-0.15, -0.1) is 0 Å². The summed E-state index contributed by atoms with van der Waals surface area (Å²) >= 11 is 0. The van der Waals surface area contributed by atoms with E-state index in [0.29, 0.717) is 22.0 Å². The van der Waals surface area contributed by atoms with Crippen molar-refractivity contribution in [2.24, 2.45) is 0 Å². The monoisotopic (exact) mass is 366 g/mol. The molecule has 0 saturated carbocycles. The first-order valence-electron chi connectivity index (χ1n) is 7.81. The van der Waals surface area contributed by atoms with E-state index in [-0.39, 0.29) is 6.03 Å². The lowest BCUT2D eigenvalue weighted by molar-refractivity contribution is 0.262. The molecule has 2 amide bonds. The summed E-state index contributed by atoms with van der Waals surface area (Å²) in [5, 5.41) is 5.43. The molecule has 2 aromatic carbocycles. The van der Waals surface area contributed by atoms with Gasteiger partial charge in [0.25, 0.3) is 0 Å². The number of nitrogens with one attached hydrogen (secondary N) is 3. The Morgan fingerprint density at radius 3 is 1.96 bits per heavy atom. The minimum atomic E-state index is -2.65. The molecule has 0 aliphatic heterocycles. The summed E-state index contributed by atoms with van der Waals surface area (Å²) in [7, 11) is -2.65. The number of rotatable bonds is 5. The van der Waals surface area contributed by atoms with Gasteiger partial charge in [-0.05, 0) is 54.4 Å². The molecular formula is C19H18N4O2S. The van der Waals surface area contributed by atoms with E-state index in [2.05, 4.69) is 26.2 Å². The predicted octanol–water partition coefficient (Wildman–Crippen LogP) is 3.83. The number of pyridine rings is 1. The first-order chi connectivity index (χ1) is 12.5. The highest BCUT2D eigenvalue weighted by molar-refractivity contribution is 8.01. The van der Waals surface area contributed by atoms with Gasteiger partial charge in [0.2, 0.25) is 0 Å². The summed E-state index contributed by atoms with van der Waals surface area (Å²) in [6.45, 7) is 0. The molecule has 3 aromatic rings. The number of aromatic nitrogens is 1. The van der Waals surface area contributed by atoms with E-state index in [0.717, 1.165) is 0 Å². The van der Waals surface area contributed by atoms with Crippen LogP contribution in [-0.4, -0.2) is 21.1 Å². The molecule has 26 heavy (non-hydrogen) atoms. The van der Waals surface area contributed by atoms with Crippen LogP contribution in [0.25, 0.3) is 0 Å². The molecule has 0 saturated heterocycles. The zero-order valence-electron chi connectivity index (χ0n) is 13.9. The van der Waals surface area contributed by atoms with Gasteiger partial charge in [-0.1, -0.05) is 18.2 Å². The molecule has 3 rings (SSSR count). The third-order valence-corrected chi connectivity index (χ3v) is 5.09. The van der Waals surface area contributed by atoms with Crippen LogP contribution in [-0.2, 0) is 9.71 Å². The molecule has 3 N–H and O–H groups in total. The Hall–Kier alpha value is -3.32. The molecular weight excluding hydrogens is 348 g/mol. The second kappa shape index (κ2) is 7.71. The van der Waals surface area contributed by atoms with Gasteiger partial charge >= 0.3 is 6.03 Å². The molecule has 6 nitrogen and oxygen atoms in total. The van der Waals surface area contributed by atoms with Crippen molar-refractivity contribution in [3.8, 4) is 0 Å². The van der Waals surface area contributed by atoms with Crippen LogP contribution in [0.1, 0.15) is 0 Å². The smallest absolute Gasteiger partial charge is 0.309 e. The highest BCUT2D eigenvalue weighted by atomic mass is 32.2. The van der Waals surface area contributed by atoms with Crippen LogP contribution >= 0.6 is 0 Å². The van der Waals surface area contributed by atoms with Crippen LogP contribution in [0.5, 0.6) is 0 Å². The van der Waals surface area contributed by atoms with Crippen molar-refractivity contribution in [2.45, 2.75) is 4.90 Å². The van der Waals surface area contributed by atoms with Crippen molar-refractivity contribution >= 4 is 38.7 Å². The van der Waals surface area contributed by atoms with Crippen LogP contribution in [0.2, 0.25) is 0 Å². The van der Waals surface area contributed by atoms with Gasteiger partial charge in [0.1, 0.15) is 0 Å². The van der Waals surface area contributed by atoms with Gasteiger partial charge in [0.05, 0.1) is 9.71 Å². The van der Waals surface area contributed by atoms with Gasteiger partial charge in [-0.2, -0.15) is 0 Å². The maximum absolute atomic E-state index is 12.7. The Morgan fingerprint density at radius 1 is 0.808 bits per heavy atom. The number of hydrogen-bond acceptors (Lipinski definition) is 3. The van der Waals surface area contributed by atoms with E-state index < -0.39 is 9.71 Å². The quantitative estimate of drug-likeness (QED) is 0.600. The van der Waals surface area contributed by atoms with E-state index in [9.17, 15) is 9.00 Å². The number of urea groups is 1. The van der Waals surface area contributed by atoms with E-state index in [1.165, 1.54) is 0 Å². The Labute approximate surface area is 152 Å². The van der Waals surface area contributed by atoms with Gasteiger partial charge in [-0.3, -0.25) is 4.98 Å². The van der Waals surface area contributed by atoms with Crippen molar-refractivity contribution in [3.05, 3.63) is 79.1 Å². The number of amides is 2. The average Bonchev–Trinajstić information content (AvgIpc) is 2.65. The number of carbonyl (C=O) groups excluding carboxylic acids is 1. The van der Waals surface area contributed by atoms with Crippen molar-refractivity contribution in [1.29, 1.82) is 0 Å². The summed E-state index contributed by atoms with van der Waals surface area (Å²) in [6.07, 6.45) is 3.19. The Bertz CT molecular complexity index is 973. The lowest BCUT2D eigenvalue weighted by Crippen LogP contribution is -2.19. The molecule has 0 aliphatic carbocycles. The molecule has 1 unspecified atom stereocenters. The van der Waals surface area contributed by atoms with Crippen molar-refractivity contribution in [3.63, 3.8) is 0 Å². The fourth-order valence-corrected chi connectivity index (χ4v) is 3.47. The Morgan fingerprint density at radius 2 is 1.35 bits per heavy atom. The van der Waals surface area contributed by atoms with Crippen molar-refractivity contribution < 1.29 is 9.00 Å². The lowest BCUT2D eigenvalue weighted by Gasteiger charge is -2.13. The zero-order valence-corrected chi connectivity index (χ0v) is 14.7. The summed E-state index contributed by atoms with van der Waals surface area (Å²) in [4.78, 5) is 16.5. The third-order valence-electron chi connectivity index (χ3n) is 3.49. The van der Waals surface area contributed by atoms with Crippen LogP contribution < -0.4 is 15.4 Å². The number of hydrogen-bond donors (Lipinski definition) is 3. The second-order valence-corrected chi connectivity index (χ2v) is 7.51. The van der Waals surface area contributed by atoms with Crippen LogP contribution in [0.4, 0.5) is 21.9 Å². The van der Waals surface area contributed by atoms with Gasteiger partial charge < -0.3 is 15.4 Å². The van der Waals surface area contributed by atoms with E-state index in [1.807, 2.05) is 18.2 Å². The largest absolute Gasteiger partial charge is 0.323 e. The molecule has 0 radical (unpaired) electrons. The number of nitrogens with zero attached hydrogens (tertiary/aromatic N) is 1. The standard InChI is InChI=1S/C19H18N4O2S/c1-26(25,18-5-3-2-4-6-18)23-17-9-7-15(8-10-17)21-19(24)22-16-11-13-20-14-12-16/h2-14H,1H2,(H,23,25)(H2,20,21,22,24). The summed E-state index contributed by atoms with van der Waals surface area (Å²) in [5.41, 5.74) is 1.90. The summed E-state index contributed by atoms with van der Waals surface area (Å²) < 4.78 is 15.7. The highest BCUT2D eigenvalue weighted by Crippen LogP contribution is 2.18. The van der Waals surface area contributed by atoms with Crippen LogP contribution in [0.15, 0.2) is 84.0 Å². The Kier molecular flexibility index (Phi) is 5.19. The van der Waals surface area contributed by atoms with Gasteiger partial charge in [-0.25, -0.2) is 9.00 Å². The Balaban J connectivity index is 1.62. The van der Waals surface area contributed by atoms with E-state index in [1.54, 1.807) is 60.9 Å². The van der Waals surface area contributed by atoms with Crippen molar-refractivity contribution in [1.82, 2.24) is 4.98 Å². The summed E-state index contributed by atoms with van der Waals surface area (Å²) in [6, 6.07) is 19.0. The molecule has 0 aliphatic rings. The SMILES string of the molecule is C=S(=O)(Nc1ccc(NC(=O)Nc2ccncc2)cc1)c1ccccc1. The maximum Gasteiger partial charge on any atom is 0.323 e. The first-order valence-corrected chi connectivity index (χ1v) is 9.54. The topological polar surface area (TPSA) is 83.1 Å². The maximum atomic E-state index is 12.7. The van der Waals surface area contributed by atoms with E-state index >= 15 is 0 Å². The average molecular weight is 366 g/mol. The predicted molar refractivity (Wildman–Crippen MR) is 107 cm³/mol. The number of anilines is 3. The molecule has 1 heterocycles. The fourth-order valence-electron chi connectivity index (χ4n) is 2.24. The lowest BCUT2D eigenvalue weighted by atomic mass is 10.3. The molecule has 0 spiro atoms. The summed E-state index contributed by atoms with van der Waals surface area (Å²) in [5.74, 6) is 3.78. The zero-order chi connectivity index (χ0) is 18.4. The molecule has 0 bridgehead atoms. The molecule has 1 atom stereocenters. The fraction of sp³-hybridized carbons (Fsp3) is 0. The van der Waals surface area contributed by atoms with E-state index in [4.69, 9.17) is 0 Å². The number of benzene rings is 2. The first kappa shape index (κ1) is 17.5. The normalized spacial score (nSPS) is 12.6. The minimum Gasteiger partial charge on any atom is -0.309 e. The molecule has 1 aromatic heterocycles. The molecule has 7 heteroatoms. The minimum absolute atomic E-state index is 0.359. The van der Waals surface area contributed by atoms with Crippen LogP contribution in [0, 0.1) is 0 Å². The van der Waals surface area contributed by atoms with Gasteiger partial charge in [0.15, 0.2) is 0 Å². The molecule has 132 valence electrons. The number of carbonyl (C=O) groups is 1. The van der Waals surface area contributed by atoms with Crippen LogP contribution in [0.3, 0.4) is 0 Å². The molecule has 0 fully saturated rings. The third kappa shape index (κ3) is 4.61. The van der Waals surface area contributed by atoms with Gasteiger partial charge in [0, 0.05) is 34.4 Å². The van der Waals surface area contributed by atoms with Crippen molar-refractivity contribution in [2.75, 3.05) is 15.4 Å². The second-order valence-electron chi connectivity index (χ2n) is 5.48. The highest BCUT2D eigenvalue weighted by Gasteiger charge is 2.07.